The number of aryl methyl sites for hydroxylation is 1. The van der Waals surface area contributed by atoms with Crippen LogP contribution < -0.4 is 16.2 Å². The predicted octanol–water partition coefficient (Wildman–Crippen LogP) is 1.39. The van der Waals surface area contributed by atoms with E-state index in [1.54, 1.807) is 12.1 Å². The summed E-state index contributed by atoms with van der Waals surface area (Å²) in [6, 6.07) is 6.73. The maximum absolute atomic E-state index is 11.3. The first-order chi connectivity index (χ1) is 7.61. The number of benzene rings is 1. The number of hydrazine groups is 1. The average molecular weight is 223 g/mol. The number of methoxy groups -OCH3 is 1. The lowest BCUT2D eigenvalue weighted by Crippen LogP contribution is -2.43. The molecule has 6 nitrogen and oxygen atoms in total. The molecular weight excluding hydrogens is 210 g/mol. The van der Waals surface area contributed by atoms with Gasteiger partial charge in [-0.15, -0.1) is 0 Å². The zero-order valence-electron chi connectivity index (χ0n) is 9.03. The van der Waals surface area contributed by atoms with E-state index in [2.05, 4.69) is 15.5 Å². The third-order valence-corrected chi connectivity index (χ3v) is 1.74. The molecule has 0 aliphatic rings. The van der Waals surface area contributed by atoms with E-state index < -0.39 is 12.1 Å². The summed E-state index contributed by atoms with van der Waals surface area (Å²) in [4.78, 5) is 21.9. The zero-order valence-corrected chi connectivity index (χ0v) is 9.03. The Balaban J connectivity index is 2.43. The molecule has 16 heavy (non-hydrogen) atoms. The Kier molecular flexibility index (Phi) is 4.14. The third-order valence-electron chi connectivity index (χ3n) is 1.74. The minimum absolute atomic E-state index is 0.545. The summed E-state index contributed by atoms with van der Waals surface area (Å²) in [6.45, 7) is 1.91. The molecule has 0 aliphatic heterocycles. The minimum Gasteiger partial charge on any atom is -0.452 e. The van der Waals surface area contributed by atoms with Gasteiger partial charge in [0.15, 0.2) is 0 Å². The number of amides is 3. The topological polar surface area (TPSA) is 79.5 Å². The quantitative estimate of drug-likeness (QED) is 0.629. The van der Waals surface area contributed by atoms with Crippen LogP contribution in [0.3, 0.4) is 0 Å². The molecule has 0 unspecified atom stereocenters. The van der Waals surface area contributed by atoms with E-state index in [0.29, 0.717) is 5.69 Å². The normalized spacial score (nSPS) is 9.12. The molecule has 1 aromatic carbocycles. The van der Waals surface area contributed by atoms with E-state index >= 15 is 0 Å². The number of hydrogen-bond acceptors (Lipinski definition) is 3. The first kappa shape index (κ1) is 11.8. The first-order valence-corrected chi connectivity index (χ1v) is 4.59. The predicted molar refractivity (Wildman–Crippen MR) is 58.9 cm³/mol. The SMILES string of the molecule is COC(=O)NNC(=O)Nc1cccc(C)c1. The number of nitrogens with one attached hydrogen (secondary N) is 3. The maximum atomic E-state index is 11.3. The molecule has 0 bridgehead atoms. The van der Waals surface area contributed by atoms with Crippen LogP contribution in [0.15, 0.2) is 24.3 Å². The van der Waals surface area contributed by atoms with Crippen molar-refractivity contribution in [2.24, 2.45) is 0 Å². The number of carbonyl (C=O) groups excluding carboxylic acids is 2. The van der Waals surface area contributed by atoms with Gasteiger partial charge in [0.2, 0.25) is 0 Å². The first-order valence-electron chi connectivity index (χ1n) is 4.59. The van der Waals surface area contributed by atoms with Crippen LogP contribution in [0.5, 0.6) is 0 Å². The summed E-state index contributed by atoms with van der Waals surface area (Å²) < 4.78 is 4.28. The molecule has 0 saturated carbocycles. The molecule has 3 amide bonds. The maximum Gasteiger partial charge on any atom is 0.425 e. The van der Waals surface area contributed by atoms with Gasteiger partial charge in [-0.25, -0.2) is 20.4 Å². The van der Waals surface area contributed by atoms with Gasteiger partial charge in [-0.1, -0.05) is 12.1 Å². The lowest BCUT2D eigenvalue weighted by Gasteiger charge is -2.08. The van der Waals surface area contributed by atoms with E-state index in [1.807, 2.05) is 24.5 Å². The fourth-order valence-corrected chi connectivity index (χ4v) is 1.04. The van der Waals surface area contributed by atoms with Gasteiger partial charge in [-0.2, -0.15) is 0 Å². The fourth-order valence-electron chi connectivity index (χ4n) is 1.04. The Morgan fingerprint density at radius 3 is 2.62 bits per heavy atom. The molecule has 0 aliphatic carbocycles. The Morgan fingerprint density at radius 2 is 2.00 bits per heavy atom. The number of carbonyl (C=O) groups is 2. The van der Waals surface area contributed by atoms with Crippen molar-refractivity contribution in [2.75, 3.05) is 12.4 Å². The summed E-state index contributed by atoms with van der Waals surface area (Å²) >= 11 is 0. The smallest absolute Gasteiger partial charge is 0.425 e. The number of rotatable bonds is 1. The highest BCUT2D eigenvalue weighted by atomic mass is 16.5. The van der Waals surface area contributed by atoms with Crippen LogP contribution in [0.25, 0.3) is 0 Å². The van der Waals surface area contributed by atoms with E-state index in [4.69, 9.17) is 0 Å². The van der Waals surface area contributed by atoms with Gasteiger partial charge in [0.25, 0.3) is 0 Å². The van der Waals surface area contributed by atoms with Crippen LogP contribution in [0, 0.1) is 6.92 Å². The summed E-state index contributed by atoms with van der Waals surface area (Å²) in [5.41, 5.74) is 5.84. The second-order valence-corrected chi connectivity index (χ2v) is 3.07. The number of urea groups is 1. The molecule has 0 heterocycles. The molecule has 0 aromatic heterocycles. The molecule has 86 valence electrons. The molecule has 1 rings (SSSR count). The van der Waals surface area contributed by atoms with Gasteiger partial charge in [-0.3, -0.25) is 0 Å². The van der Waals surface area contributed by atoms with Gasteiger partial charge in [0, 0.05) is 5.69 Å². The lowest BCUT2D eigenvalue weighted by molar-refractivity contribution is 0.166. The van der Waals surface area contributed by atoms with Gasteiger partial charge in [0.1, 0.15) is 0 Å². The van der Waals surface area contributed by atoms with Crippen molar-refractivity contribution < 1.29 is 14.3 Å². The summed E-state index contributed by atoms with van der Waals surface area (Å²) in [5, 5.41) is 2.54. The molecule has 0 atom stereocenters. The minimum atomic E-state index is -0.737. The highest BCUT2D eigenvalue weighted by molar-refractivity contribution is 5.90. The Morgan fingerprint density at radius 1 is 1.25 bits per heavy atom. The van der Waals surface area contributed by atoms with Crippen molar-refractivity contribution in [1.29, 1.82) is 0 Å². The second-order valence-electron chi connectivity index (χ2n) is 3.07. The molecule has 0 radical (unpaired) electrons. The van der Waals surface area contributed by atoms with Gasteiger partial charge >= 0.3 is 12.1 Å². The monoisotopic (exact) mass is 223 g/mol. The zero-order chi connectivity index (χ0) is 12.0. The van der Waals surface area contributed by atoms with E-state index in [9.17, 15) is 9.59 Å². The van der Waals surface area contributed by atoms with Crippen LogP contribution in [0.2, 0.25) is 0 Å². The number of hydrogen-bond donors (Lipinski definition) is 3. The van der Waals surface area contributed by atoms with E-state index in [0.717, 1.165) is 5.56 Å². The summed E-state index contributed by atoms with van der Waals surface area (Å²) in [5.74, 6) is 0. The molecule has 0 spiro atoms. The third kappa shape index (κ3) is 3.87. The highest BCUT2D eigenvalue weighted by Gasteiger charge is 2.03. The Labute approximate surface area is 92.9 Å². The second kappa shape index (κ2) is 5.59. The summed E-state index contributed by atoms with van der Waals surface area (Å²) in [7, 11) is 1.20. The largest absolute Gasteiger partial charge is 0.452 e. The van der Waals surface area contributed by atoms with Crippen molar-refractivity contribution >= 4 is 17.8 Å². The van der Waals surface area contributed by atoms with Gasteiger partial charge in [-0.05, 0) is 24.6 Å². The van der Waals surface area contributed by atoms with Crippen LogP contribution in [0.4, 0.5) is 15.3 Å². The van der Waals surface area contributed by atoms with Gasteiger partial charge in [0.05, 0.1) is 7.11 Å². The van der Waals surface area contributed by atoms with Crippen molar-refractivity contribution in [3.63, 3.8) is 0 Å². The Hall–Kier alpha value is -2.24. The Bertz CT molecular complexity index is 393. The van der Waals surface area contributed by atoms with E-state index in [1.165, 1.54) is 7.11 Å². The number of anilines is 1. The average Bonchev–Trinajstić information content (AvgIpc) is 2.26. The molecule has 3 N–H and O–H groups in total. The number of ether oxygens (including phenoxy) is 1. The molecule has 0 saturated heterocycles. The van der Waals surface area contributed by atoms with Crippen LogP contribution in [0.1, 0.15) is 5.56 Å². The van der Waals surface area contributed by atoms with Crippen LogP contribution in [-0.4, -0.2) is 19.2 Å². The lowest BCUT2D eigenvalue weighted by atomic mass is 10.2. The van der Waals surface area contributed by atoms with Crippen LogP contribution in [-0.2, 0) is 4.74 Å². The summed E-state index contributed by atoms with van der Waals surface area (Å²) in [6.07, 6.45) is -0.737. The highest BCUT2D eigenvalue weighted by Crippen LogP contribution is 2.08. The van der Waals surface area contributed by atoms with Crippen LogP contribution >= 0.6 is 0 Å². The fraction of sp³-hybridized carbons (Fsp3) is 0.200. The molecule has 0 fully saturated rings. The van der Waals surface area contributed by atoms with Gasteiger partial charge < -0.3 is 10.1 Å². The van der Waals surface area contributed by atoms with Crippen molar-refractivity contribution in [1.82, 2.24) is 10.9 Å². The van der Waals surface area contributed by atoms with Crippen molar-refractivity contribution in [2.45, 2.75) is 6.92 Å². The van der Waals surface area contributed by atoms with E-state index in [-0.39, 0.29) is 0 Å². The standard InChI is InChI=1S/C10H13N3O3/c1-7-4-3-5-8(6-7)11-9(14)12-13-10(15)16-2/h3-6H,1-2H3,(H,13,15)(H2,11,12,14). The molecule has 6 heteroatoms. The van der Waals surface area contributed by atoms with Crippen molar-refractivity contribution in [3.05, 3.63) is 29.8 Å². The van der Waals surface area contributed by atoms with Crippen molar-refractivity contribution in [3.8, 4) is 0 Å². The molecule has 1 aromatic rings. The molecular formula is C10H13N3O3.